The number of nitrogens with zero attached hydrogens (tertiary/aromatic N) is 4. The fourth-order valence-electron chi connectivity index (χ4n) is 3.62. The third kappa shape index (κ3) is 3.49. The number of furan rings is 1. The van der Waals surface area contributed by atoms with E-state index >= 15 is 0 Å². The van der Waals surface area contributed by atoms with E-state index in [0.29, 0.717) is 18.8 Å². The number of piperidine rings is 1. The van der Waals surface area contributed by atoms with Crippen LogP contribution >= 0.6 is 0 Å². The van der Waals surface area contributed by atoms with Crippen LogP contribution in [0.2, 0.25) is 0 Å². The Bertz CT molecular complexity index is 954. The lowest BCUT2D eigenvalue weighted by Gasteiger charge is -2.33. The zero-order valence-electron chi connectivity index (χ0n) is 15.6. The quantitative estimate of drug-likeness (QED) is 0.765. The second-order valence-corrected chi connectivity index (χ2v) is 7.02. The molecular formula is C20H23N5O2. The van der Waals surface area contributed by atoms with Gasteiger partial charge in [0, 0.05) is 37.6 Å². The fraction of sp³-hybridized carbons (Fsp3) is 0.400. The topological polar surface area (TPSA) is 84.2 Å². The maximum Gasteiger partial charge on any atom is 0.231 e. The molecule has 0 radical (unpaired) electrons. The molecule has 27 heavy (non-hydrogen) atoms. The molecule has 7 nitrogen and oxygen atoms in total. The molecule has 0 unspecified atom stereocenters. The largest absolute Gasteiger partial charge is 0.443 e. The lowest BCUT2D eigenvalue weighted by atomic mass is 9.96. The third-order valence-corrected chi connectivity index (χ3v) is 5.23. The first-order valence-electron chi connectivity index (χ1n) is 9.25. The van der Waals surface area contributed by atoms with E-state index in [4.69, 9.17) is 4.42 Å². The number of pyridine rings is 1. The van der Waals surface area contributed by atoms with Crippen molar-refractivity contribution in [2.75, 3.05) is 18.0 Å². The van der Waals surface area contributed by atoms with E-state index in [-0.39, 0.29) is 11.8 Å². The molecule has 0 spiro atoms. The van der Waals surface area contributed by atoms with E-state index in [1.807, 2.05) is 26.0 Å². The van der Waals surface area contributed by atoms with Gasteiger partial charge in [-0.3, -0.25) is 9.78 Å². The predicted molar refractivity (Wildman–Crippen MR) is 102 cm³/mol. The molecule has 0 saturated carbocycles. The van der Waals surface area contributed by atoms with Gasteiger partial charge < -0.3 is 14.6 Å². The summed E-state index contributed by atoms with van der Waals surface area (Å²) in [7, 11) is 0. The molecule has 3 aromatic heterocycles. The molecular weight excluding hydrogens is 342 g/mol. The lowest BCUT2D eigenvalue weighted by Crippen LogP contribution is -2.43. The SMILES string of the molecule is Cc1oc2ncnc(N3CCC[C@H](C(=O)NCc4cccnc4)C3)c2c1C. The summed E-state index contributed by atoms with van der Waals surface area (Å²) in [5, 5.41) is 3.99. The minimum Gasteiger partial charge on any atom is -0.443 e. The van der Waals surface area contributed by atoms with Crippen molar-refractivity contribution in [1.82, 2.24) is 20.3 Å². The third-order valence-electron chi connectivity index (χ3n) is 5.23. The summed E-state index contributed by atoms with van der Waals surface area (Å²) in [5.41, 5.74) is 2.67. The van der Waals surface area contributed by atoms with Crippen molar-refractivity contribution in [3.8, 4) is 0 Å². The van der Waals surface area contributed by atoms with Gasteiger partial charge in [-0.05, 0) is 38.3 Å². The monoisotopic (exact) mass is 365 g/mol. The Morgan fingerprint density at radius 2 is 2.26 bits per heavy atom. The van der Waals surface area contributed by atoms with Crippen LogP contribution in [0.5, 0.6) is 0 Å². The Balaban J connectivity index is 1.49. The van der Waals surface area contributed by atoms with E-state index in [2.05, 4.69) is 25.2 Å². The summed E-state index contributed by atoms with van der Waals surface area (Å²) in [5.74, 6) is 1.73. The summed E-state index contributed by atoms with van der Waals surface area (Å²) >= 11 is 0. The van der Waals surface area contributed by atoms with Gasteiger partial charge in [-0.2, -0.15) is 0 Å². The van der Waals surface area contributed by atoms with Crippen molar-refractivity contribution in [2.24, 2.45) is 5.92 Å². The van der Waals surface area contributed by atoms with E-state index in [1.165, 1.54) is 6.33 Å². The zero-order chi connectivity index (χ0) is 18.8. The minimum absolute atomic E-state index is 0.0614. The number of carbonyl (C=O) groups excluding carboxylic acids is 1. The molecule has 1 aliphatic heterocycles. The van der Waals surface area contributed by atoms with Crippen LogP contribution in [0, 0.1) is 19.8 Å². The lowest BCUT2D eigenvalue weighted by molar-refractivity contribution is -0.125. The van der Waals surface area contributed by atoms with Gasteiger partial charge in [-0.15, -0.1) is 0 Å². The number of aryl methyl sites for hydroxylation is 2. The number of nitrogens with one attached hydrogen (secondary N) is 1. The zero-order valence-corrected chi connectivity index (χ0v) is 15.6. The number of fused-ring (bicyclic) bond motifs is 1. The van der Waals surface area contributed by atoms with Gasteiger partial charge in [0.2, 0.25) is 11.6 Å². The molecule has 1 N–H and O–H groups in total. The fourth-order valence-corrected chi connectivity index (χ4v) is 3.62. The molecule has 1 aliphatic rings. The Morgan fingerprint density at radius 3 is 3.07 bits per heavy atom. The summed E-state index contributed by atoms with van der Waals surface area (Å²) in [6.07, 6.45) is 6.87. The number of carbonyl (C=O) groups is 1. The van der Waals surface area contributed by atoms with E-state index < -0.39 is 0 Å². The van der Waals surface area contributed by atoms with Crippen LogP contribution in [0.3, 0.4) is 0 Å². The van der Waals surface area contributed by atoms with Crippen LogP contribution in [0.1, 0.15) is 29.7 Å². The van der Waals surface area contributed by atoms with Crippen LogP contribution in [-0.4, -0.2) is 33.9 Å². The highest BCUT2D eigenvalue weighted by molar-refractivity contribution is 5.90. The summed E-state index contributed by atoms with van der Waals surface area (Å²) in [6.45, 7) is 5.99. The molecule has 4 rings (SSSR count). The number of aromatic nitrogens is 3. The molecule has 0 aliphatic carbocycles. The molecule has 1 saturated heterocycles. The molecule has 1 atom stereocenters. The summed E-state index contributed by atoms with van der Waals surface area (Å²) < 4.78 is 5.73. The first-order valence-corrected chi connectivity index (χ1v) is 9.25. The van der Waals surface area contributed by atoms with Gasteiger partial charge >= 0.3 is 0 Å². The highest BCUT2D eigenvalue weighted by Crippen LogP contribution is 2.32. The van der Waals surface area contributed by atoms with Crippen molar-refractivity contribution < 1.29 is 9.21 Å². The molecule has 3 aromatic rings. The van der Waals surface area contributed by atoms with Gasteiger partial charge in [0.1, 0.15) is 17.9 Å². The Hall–Kier alpha value is -2.96. The van der Waals surface area contributed by atoms with Gasteiger partial charge in [0.15, 0.2) is 0 Å². The highest BCUT2D eigenvalue weighted by atomic mass is 16.3. The Kier molecular flexibility index (Phi) is 4.75. The average molecular weight is 365 g/mol. The van der Waals surface area contributed by atoms with Gasteiger partial charge in [0.05, 0.1) is 11.3 Å². The first-order chi connectivity index (χ1) is 13.1. The van der Waals surface area contributed by atoms with Crippen LogP contribution in [0.15, 0.2) is 35.3 Å². The molecule has 0 bridgehead atoms. The molecule has 1 fully saturated rings. The van der Waals surface area contributed by atoms with E-state index in [1.54, 1.807) is 12.4 Å². The molecule has 0 aromatic carbocycles. The standard InChI is InChI=1S/C20H23N5O2/c1-13-14(2)27-20-17(13)18(23-12-24-20)25-8-4-6-16(11-25)19(26)22-10-15-5-3-7-21-9-15/h3,5,7,9,12,16H,4,6,8,10-11H2,1-2H3,(H,22,26)/t16-/m0/s1. The maximum absolute atomic E-state index is 12.7. The van der Waals surface area contributed by atoms with E-state index in [0.717, 1.165) is 47.5 Å². The minimum atomic E-state index is -0.0614. The van der Waals surface area contributed by atoms with Crippen molar-refractivity contribution in [1.29, 1.82) is 0 Å². The molecule has 1 amide bonds. The van der Waals surface area contributed by atoms with Crippen LogP contribution < -0.4 is 10.2 Å². The molecule has 7 heteroatoms. The Morgan fingerprint density at radius 1 is 1.37 bits per heavy atom. The molecule has 140 valence electrons. The maximum atomic E-state index is 12.7. The molecule has 4 heterocycles. The van der Waals surface area contributed by atoms with Crippen molar-refractivity contribution in [3.05, 3.63) is 47.7 Å². The van der Waals surface area contributed by atoms with Crippen LogP contribution in [0.25, 0.3) is 11.1 Å². The Labute approximate surface area is 157 Å². The van der Waals surface area contributed by atoms with Crippen molar-refractivity contribution in [3.63, 3.8) is 0 Å². The average Bonchev–Trinajstić information content (AvgIpc) is 3.01. The van der Waals surface area contributed by atoms with Crippen molar-refractivity contribution >= 4 is 22.8 Å². The van der Waals surface area contributed by atoms with Gasteiger partial charge in [-0.25, -0.2) is 9.97 Å². The number of hydrogen-bond acceptors (Lipinski definition) is 6. The first kappa shape index (κ1) is 17.5. The van der Waals surface area contributed by atoms with Gasteiger partial charge in [-0.1, -0.05) is 6.07 Å². The number of rotatable bonds is 4. The van der Waals surface area contributed by atoms with Crippen LogP contribution in [-0.2, 0) is 11.3 Å². The summed E-state index contributed by atoms with van der Waals surface area (Å²) in [4.78, 5) is 27.7. The summed E-state index contributed by atoms with van der Waals surface area (Å²) in [6, 6.07) is 3.83. The smallest absolute Gasteiger partial charge is 0.231 e. The van der Waals surface area contributed by atoms with E-state index in [9.17, 15) is 4.79 Å². The highest BCUT2D eigenvalue weighted by Gasteiger charge is 2.28. The number of amides is 1. The predicted octanol–water partition coefficient (Wildman–Crippen LogP) is 2.77. The van der Waals surface area contributed by atoms with Crippen LogP contribution in [0.4, 0.5) is 5.82 Å². The second-order valence-electron chi connectivity index (χ2n) is 7.02. The normalized spacial score (nSPS) is 17.3. The van der Waals surface area contributed by atoms with Gasteiger partial charge in [0.25, 0.3) is 0 Å². The number of hydrogen-bond donors (Lipinski definition) is 1. The number of anilines is 1. The second kappa shape index (κ2) is 7.34. The van der Waals surface area contributed by atoms with Crippen molar-refractivity contribution in [2.45, 2.75) is 33.2 Å².